The van der Waals surface area contributed by atoms with E-state index in [2.05, 4.69) is 48.8 Å². The Morgan fingerprint density at radius 1 is 1.05 bits per heavy atom. The van der Waals surface area contributed by atoms with Gasteiger partial charge in [-0.2, -0.15) is 0 Å². The van der Waals surface area contributed by atoms with Crippen molar-refractivity contribution in [2.24, 2.45) is 0 Å². The van der Waals surface area contributed by atoms with Gasteiger partial charge in [0, 0.05) is 23.4 Å². The first kappa shape index (κ1) is 14.4. The summed E-state index contributed by atoms with van der Waals surface area (Å²) < 4.78 is 11.4. The molecule has 1 unspecified atom stereocenters. The molecular weight excluding hydrogens is 282 g/mol. The summed E-state index contributed by atoms with van der Waals surface area (Å²) in [5, 5.41) is 5.75. The highest BCUT2D eigenvalue weighted by atomic mass is 32.1. The van der Waals surface area contributed by atoms with Crippen LogP contribution in [-0.2, 0) is 0 Å². The SMILES string of the molecule is CC(N[C@@H](C)c1cccs1)c1ccc2c(c1)OCCCO2. The molecule has 1 N–H and O–H groups in total. The molecule has 4 heteroatoms. The number of ether oxygens (including phenoxy) is 2. The van der Waals surface area contributed by atoms with Gasteiger partial charge >= 0.3 is 0 Å². The molecule has 1 aliphatic rings. The fourth-order valence-corrected chi connectivity index (χ4v) is 3.28. The third-order valence-electron chi connectivity index (χ3n) is 3.74. The van der Waals surface area contributed by atoms with Gasteiger partial charge in [0.15, 0.2) is 11.5 Å². The van der Waals surface area contributed by atoms with Crippen molar-refractivity contribution in [3.05, 3.63) is 46.2 Å². The topological polar surface area (TPSA) is 30.5 Å². The summed E-state index contributed by atoms with van der Waals surface area (Å²) >= 11 is 1.79. The Morgan fingerprint density at radius 3 is 2.62 bits per heavy atom. The standard InChI is InChI=1S/C17H21NO2S/c1-12(18-13(2)17-5-3-10-21-17)14-6-7-15-16(11-14)20-9-4-8-19-15/h3,5-7,10-13,18H,4,8-9H2,1-2H3/t12?,13-/m0/s1. The lowest BCUT2D eigenvalue weighted by atomic mass is 10.1. The molecule has 3 rings (SSSR count). The highest BCUT2D eigenvalue weighted by Crippen LogP contribution is 2.33. The van der Waals surface area contributed by atoms with E-state index in [1.807, 2.05) is 6.07 Å². The summed E-state index contributed by atoms with van der Waals surface area (Å²) in [6.45, 7) is 5.84. The zero-order chi connectivity index (χ0) is 14.7. The van der Waals surface area contributed by atoms with Crippen LogP contribution in [0.2, 0.25) is 0 Å². The number of hydrogen-bond donors (Lipinski definition) is 1. The molecule has 0 amide bonds. The summed E-state index contributed by atoms with van der Waals surface area (Å²) in [7, 11) is 0. The summed E-state index contributed by atoms with van der Waals surface area (Å²) in [4.78, 5) is 1.36. The fraction of sp³-hybridized carbons (Fsp3) is 0.412. The molecule has 2 aromatic rings. The smallest absolute Gasteiger partial charge is 0.161 e. The molecule has 1 aliphatic heterocycles. The molecule has 0 saturated carbocycles. The van der Waals surface area contributed by atoms with Crippen LogP contribution in [0.4, 0.5) is 0 Å². The van der Waals surface area contributed by atoms with Gasteiger partial charge in [0.05, 0.1) is 13.2 Å². The second-order valence-corrected chi connectivity index (χ2v) is 6.36. The molecule has 112 valence electrons. The third-order valence-corrected chi connectivity index (χ3v) is 4.80. The molecule has 0 saturated heterocycles. The van der Waals surface area contributed by atoms with Crippen LogP contribution in [0.1, 0.15) is 42.8 Å². The van der Waals surface area contributed by atoms with Gasteiger partial charge in [-0.3, -0.25) is 0 Å². The van der Waals surface area contributed by atoms with E-state index < -0.39 is 0 Å². The second-order valence-electron chi connectivity index (χ2n) is 5.38. The van der Waals surface area contributed by atoms with Crippen molar-refractivity contribution in [1.29, 1.82) is 0 Å². The van der Waals surface area contributed by atoms with Crippen molar-refractivity contribution < 1.29 is 9.47 Å². The Labute approximate surface area is 129 Å². The molecule has 3 nitrogen and oxygen atoms in total. The van der Waals surface area contributed by atoms with E-state index in [0.717, 1.165) is 31.1 Å². The first-order valence-electron chi connectivity index (χ1n) is 7.43. The highest BCUT2D eigenvalue weighted by molar-refractivity contribution is 7.10. The third kappa shape index (κ3) is 3.39. The minimum absolute atomic E-state index is 0.263. The monoisotopic (exact) mass is 303 g/mol. The molecule has 0 spiro atoms. The lowest BCUT2D eigenvalue weighted by molar-refractivity contribution is 0.297. The van der Waals surface area contributed by atoms with Gasteiger partial charge in [0.2, 0.25) is 0 Å². The maximum absolute atomic E-state index is 5.77. The van der Waals surface area contributed by atoms with E-state index in [4.69, 9.17) is 9.47 Å². The normalized spacial score (nSPS) is 17.0. The number of hydrogen-bond acceptors (Lipinski definition) is 4. The van der Waals surface area contributed by atoms with Crippen LogP contribution in [0.15, 0.2) is 35.7 Å². The Morgan fingerprint density at radius 2 is 1.86 bits per heavy atom. The van der Waals surface area contributed by atoms with Crippen LogP contribution in [0.25, 0.3) is 0 Å². The molecule has 1 aromatic carbocycles. The van der Waals surface area contributed by atoms with E-state index in [9.17, 15) is 0 Å². The first-order valence-corrected chi connectivity index (χ1v) is 8.31. The molecule has 2 heterocycles. The van der Waals surface area contributed by atoms with Crippen LogP contribution < -0.4 is 14.8 Å². The fourth-order valence-electron chi connectivity index (χ4n) is 2.54. The molecule has 21 heavy (non-hydrogen) atoms. The molecule has 1 aromatic heterocycles. The minimum Gasteiger partial charge on any atom is -0.490 e. The average molecular weight is 303 g/mol. The van der Waals surface area contributed by atoms with Gasteiger partial charge in [-0.25, -0.2) is 0 Å². The number of benzene rings is 1. The Kier molecular flexibility index (Phi) is 4.46. The number of nitrogens with one attached hydrogen (secondary N) is 1. The molecule has 0 radical (unpaired) electrons. The average Bonchev–Trinajstić information content (AvgIpc) is 2.92. The Bertz CT molecular complexity index is 582. The lowest BCUT2D eigenvalue weighted by Gasteiger charge is -2.20. The van der Waals surface area contributed by atoms with Gasteiger partial charge in [-0.05, 0) is 43.0 Å². The second kappa shape index (κ2) is 6.50. The summed E-state index contributed by atoms with van der Waals surface area (Å²) in [6.07, 6.45) is 0.938. The van der Waals surface area contributed by atoms with Gasteiger partial charge in [-0.1, -0.05) is 12.1 Å². The van der Waals surface area contributed by atoms with Crippen molar-refractivity contribution in [2.75, 3.05) is 13.2 Å². The van der Waals surface area contributed by atoms with Crippen LogP contribution in [0, 0.1) is 0 Å². The van der Waals surface area contributed by atoms with Crippen LogP contribution in [-0.4, -0.2) is 13.2 Å². The van der Waals surface area contributed by atoms with Gasteiger partial charge in [0.25, 0.3) is 0 Å². The maximum Gasteiger partial charge on any atom is 0.161 e. The van der Waals surface area contributed by atoms with E-state index in [0.29, 0.717) is 6.04 Å². The minimum atomic E-state index is 0.263. The van der Waals surface area contributed by atoms with Crippen molar-refractivity contribution in [3.8, 4) is 11.5 Å². The van der Waals surface area contributed by atoms with Crippen LogP contribution in [0.3, 0.4) is 0 Å². The van der Waals surface area contributed by atoms with E-state index in [1.54, 1.807) is 11.3 Å². The number of rotatable bonds is 4. The zero-order valence-corrected chi connectivity index (χ0v) is 13.3. The largest absolute Gasteiger partial charge is 0.490 e. The molecule has 2 atom stereocenters. The van der Waals surface area contributed by atoms with E-state index in [1.165, 1.54) is 10.4 Å². The van der Waals surface area contributed by atoms with Crippen molar-refractivity contribution in [3.63, 3.8) is 0 Å². The van der Waals surface area contributed by atoms with E-state index in [-0.39, 0.29) is 6.04 Å². The highest BCUT2D eigenvalue weighted by Gasteiger charge is 2.15. The van der Waals surface area contributed by atoms with Gasteiger partial charge in [0.1, 0.15) is 0 Å². The summed E-state index contributed by atoms with van der Waals surface area (Å²) in [6, 6.07) is 11.1. The molecule has 0 bridgehead atoms. The molecule has 0 fully saturated rings. The maximum atomic E-state index is 5.77. The van der Waals surface area contributed by atoms with Crippen LogP contribution in [0.5, 0.6) is 11.5 Å². The van der Waals surface area contributed by atoms with Crippen molar-refractivity contribution in [2.45, 2.75) is 32.4 Å². The summed E-state index contributed by atoms with van der Waals surface area (Å²) in [5.41, 5.74) is 1.22. The quantitative estimate of drug-likeness (QED) is 0.912. The molecular formula is C17H21NO2S. The zero-order valence-electron chi connectivity index (χ0n) is 12.5. The number of thiophene rings is 1. The van der Waals surface area contributed by atoms with E-state index >= 15 is 0 Å². The van der Waals surface area contributed by atoms with Gasteiger partial charge < -0.3 is 14.8 Å². The first-order chi connectivity index (χ1) is 10.2. The Hall–Kier alpha value is -1.52. The lowest BCUT2D eigenvalue weighted by Crippen LogP contribution is -2.21. The van der Waals surface area contributed by atoms with Crippen molar-refractivity contribution >= 4 is 11.3 Å². The predicted molar refractivity (Wildman–Crippen MR) is 86.3 cm³/mol. The van der Waals surface area contributed by atoms with Crippen LogP contribution >= 0.6 is 11.3 Å². The van der Waals surface area contributed by atoms with Gasteiger partial charge in [-0.15, -0.1) is 11.3 Å². The number of fused-ring (bicyclic) bond motifs is 1. The molecule has 0 aliphatic carbocycles. The van der Waals surface area contributed by atoms with Crippen molar-refractivity contribution in [1.82, 2.24) is 5.32 Å². The summed E-state index contributed by atoms with van der Waals surface area (Å²) in [5.74, 6) is 1.72. The predicted octanol–water partition coefficient (Wildman–Crippen LogP) is 4.32. The Balaban J connectivity index is 1.72.